The first-order valence-corrected chi connectivity index (χ1v) is 5.16. The summed E-state index contributed by atoms with van der Waals surface area (Å²) in [6, 6.07) is 7.77. The van der Waals surface area contributed by atoms with E-state index in [9.17, 15) is 14.4 Å². The van der Waals surface area contributed by atoms with Crippen molar-refractivity contribution in [3.63, 3.8) is 0 Å². The molecule has 6 heteroatoms. The number of amides is 3. The third-order valence-corrected chi connectivity index (χ3v) is 2.60. The highest BCUT2D eigenvalue weighted by molar-refractivity contribution is 6.09. The highest BCUT2D eigenvalue weighted by atomic mass is 16.4. The predicted octanol–water partition coefficient (Wildman–Crippen LogP) is 0.362. The zero-order valence-corrected chi connectivity index (χ0v) is 9.21. The number of carbonyl (C=O) groups excluding carboxylic acids is 2. The Labute approximate surface area is 102 Å². The van der Waals surface area contributed by atoms with Gasteiger partial charge in [0.05, 0.1) is 0 Å². The highest BCUT2D eigenvalue weighted by Crippen LogP contribution is 2.26. The number of nitrogens with one attached hydrogen (secondary N) is 2. The maximum Gasteiger partial charge on any atom is 0.328 e. The van der Waals surface area contributed by atoms with Crippen LogP contribution in [0.5, 0.6) is 0 Å². The Balaban J connectivity index is 2.51. The van der Waals surface area contributed by atoms with Gasteiger partial charge in [0, 0.05) is 6.08 Å². The van der Waals surface area contributed by atoms with Crippen LogP contribution in [0.25, 0.3) is 0 Å². The molecule has 2 rings (SSSR count). The van der Waals surface area contributed by atoms with Crippen molar-refractivity contribution in [2.24, 2.45) is 0 Å². The molecule has 3 N–H and O–H groups in total. The summed E-state index contributed by atoms with van der Waals surface area (Å²) in [6.07, 6.45) is 1.99. The molecule has 1 saturated heterocycles. The molecule has 1 fully saturated rings. The Morgan fingerprint density at radius 3 is 2.39 bits per heavy atom. The first kappa shape index (κ1) is 11.8. The number of carboxylic acids is 1. The summed E-state index contributed by atoms with van der Waals surface area (Å²) in [6.45, 7) is 0. The maximum absolute atomic E-state index is 11.9. The van der Waals surface area contributed by atoms with Crippen LogP contribution in [-0.2, 0) is 15.1 Å². The third kappa shape index (κ3) is 1.95. The van der Waals surface area contributed by atoms with E-state index >= 15 is 0 Å². The summed E-state index contributed by atoms with van der Waals surface area (Å²) in [7, 11) is 0. The fraction of sp³-hybridized carbons (Fsp3) is 0.0833. The number of imide groups is 1. The largest absolute Gasteiger partial charge is 0.478 e. The molecule has 1 aliphatic rings. The predicted molar refractivity (Wildman–Crippen MR) is 61.6 cm³/mol. The van der Waals surface area contributed by atoms with Gasteiger partial charge in [0.15, 0.2) is 5.54 Å². The standard InChI is InChI=1S/C12H10N2O4/c15-9(16)6-7-12(8-4-2-1-3-5-8)10(17)13-11(18)14-12/h1-7H,(H,15,16)(H2,13,14,17,18). The van der Waals surface area contributed by atoms with E-state index in [2.05, 4.69) is 10.6 Å². The van der Waals surface area contributed by atoms with Crippen LogP contribution < -0.4 is 10.6 Å². The van der Waals surface area contributed by atoms with E-state index in [0.29, 0.717) is 5.56 Å². The normalized spacial score (nSPS) is 22.9. The molecule has 1 aliphatic heterocycles. The van der Waals surface area contributed by atoms with Gasteiger partial charge in [-0.3, -0.25) is 10.1 Å². The van der Waals surface area contributed by atoms with Gasteiger partial charge >= 0.3 is 12.0 Å². The van der Waals surface area contributed by atoms with Crippen LogP contribution in [0.4, 0.5) is 4.79 Å². The van der Waals surface area contributed by atoms with Crippen LogP contribution in [0, 0.1) is 0 Å². The molecule has 1 aromatic carbocycles. The molecule has 0 spiro atoms. The molecule has 6 nitrogen and oxygen atoms in total. The molecule has 1 aromatic rings. The van der Waals surface area contributed by atoms with E-state index in [0.717, 1.165) is 12.2 Å². The lowest BCUT2D eigenvalue weighted by atomic mass is 9.89. The molecule has 0 radical (unpaired) electrons. The van der Waals surface area contributed by atoms with Crippen molar-refractivity contribution >= 4 is 17.9 Å². The second-order valence-electron chi connectivity index (χ2n) is 3.75. The first-order chi connectivity index (χ1) is 8.54. The third-order valence-electron chi connectivity index (χ3n) is 2.60. The average molecular weight is 246 g/mol. The fourth-order valence-electron chi connectivity index (χ4n) is 1.78. The number of benzene rings is 1. The van der Waals surface area contributed by atoms with E-state index in [4.69, 9.17) is 5.11 Å². The van der Waals surface area contributed by atoms with Crippen molar-refractivity contribution < 1.29 is 19.5 Å². The second kappa shape index (κ2) is 4.33. The van der Waals surface area contributed by atoms with Gasteiger partial charge in [-0.05, 0) is 11.6 Å². The topological polar surface area (TPSA) is 95.5 Å². The van der Waals surface area contributed by atoms with Crippen LogP contribution in [-0.4, -0.2) is 23.0 Å². The molecule has 0 saturated carbocycles. The van der Waals surface area contributed by atoms with Crippen LogP contribution in [0.3, 0.4) is 0 Å². The Morgan fingerprint density at radius 1 is 1.22 bits per heavy atom. The summed E-state index contributed by atoms with van der Waals surface area (Å²) in [4.78, 5) is 33.7. The Bertz CT molecular complexity index is 538. The minimum Gasteiger partial charge on any atom is -0.478 e. The molecule has 1 heterocycles. The zero-order chi connectivity index (χ0) is 13.2. The smallest absolute Gasteiger partial charge is 0.328 e. The SMILES string of the molecule is O=C(O)C=CC1(c2ccccc2)NC(=O)NC1=O. The van der Waals surface area contributed by atoms with Crippen molar-refractivity contribution in [3.05, 3.63) is 48.0 Å². The lowest BCUT2D eigenvalue weighted by Gasteiger charge is -2.22. The molecule has 3 amide bonds. The maximum atomic E-state index is 11.9. The molecule has 0 aliphatic carbocycles. The summed E-state index contributed by atoms with van der Waals surface area (Å²) in [5.41, 5.74) is -0.970. The number of hydrogen-bond acceptors (Lipinski definition) is 3. The first-order valence-electron chi connectivity index (χ1n) is 5.16. The monoisotopic (exact) mass is 246 g/mol. The fourth-order valence-corrected chi connectivity index (χ4v) is 1.78. The quantitative estimate of drug-likeness (QED) is 0.530. The van der Waals surface area contributed by atoms with Gasteiger partial charge in [-0.2, -0.15) is 0 Å². The molecule has 18 heavy (non-hydrogen) atoms. The second-order valence-corrected chi connectivity index (χ2v) is 3.75. The number of hydrogen-bond donors (Lipinski definition) is 3. The van der Waals surface area contributed by atoms with E-state index in [-0.39, 0.29) is 0 Å². The van der Waals surface area contributed by atoms with Gasteiger partial charge in [0.2, 0.25) is 0 Å². The lowest BCUT2D eigenvalue weighted by Crippen LogP contribution is -2.42. The highest BCUT2D eigenvalue weighted by Gasteiger charge is 2.45. The average Bonchev–Trinajstić information content (AvgIpc) is 2.64. The van der Waals surface area contributed by atoms with E-state index in [1.165, 1.54) is 0 Å². The Morgan fingerprint density at radius 2 is 1.89 bits per heavy atom. The van der Waals surface area contributed by atoms with Gasteiger partial charge in [0.25, 0.3) is 5.91 Å². The number of carbonyl (C=O) groups is 3. The van der Waals surface area contributed by atoms with E-state index in [1.807, 2.05) is 0 Å². The minimum absolute atomic E-state index is 0.492. The molecule has 0 bridgehead atoms. The number of aliphatic carboxylic acids is 1. The van der Waals surface area contributed by atoms with Crippen LogP contribution in [0.1, 0.15) is 5.56 Å². The van der Waals surface area contributed by atoms with Crippen molar-refractivity contribution in [2.45, 2.75) is 5.54 Å². The van der Waals surface area contributed by atoms with Crippen molar-refractivity contribution in [1.82, 2.24) is 10.6 Å². The Hall–Kier alpha value is -2.63. The molecule has 1 atom stereocenters. The van der Waals surface area contributed by atoms with Crippen molar-refractivity contribution in [2.75, 3.05) is 0 Å². The van der Waals surface area contributed by atoms with Gasteiger partial charge in [0.1, 0.15) is 0 Å². The summed E-state index contributed by atoms with van der Waals surface area (Å²) in [5.74, 6) is -1.80. The summed E-state index contributed by atoms with van der Waals surface area (Å²) < 4.78 is 0. The van der Waals surface area contributed by atoms with Crippen molar-refractivity contribution in [1.29, 1.82) is 0 Å². The van der Waals surface area contributed by atoms with Crippen molar-refractivity contribution in [3.8, 4) is 0 Å². The summed E-state index contributed by atoms with van der Waals surface area (Å²) >= 11 is 0. The zero-order valence-electron chi connectivity index (χ0n) is 9.21. The minimum atomic E-state index is -1.46. The molecular formula is C12H10N2O4. The van der Waals surface area contributed by atoms with Crippen LogP contribution in [0.2, 0.25) is 0 Å². The Kier molecular flexibility index (Phi) is 2.85. The molecule has 1 unspecified atom stereocenters. The summed E-state index contributed by atoms with van der Waals surface area (Å²) in [5, 5.41) is 13.2. The van der Waals surface area contributed by atoms with Crippen LogP contribution in [0.15, 0.2) is 42.5 Å². The number of rotatable bonds is 3. The van der Waals surface area contributed by atoms with Gasteiger partial charge in [-0.15, -0.1) is 0 Å². The molecule has 0 aromatic heterocycles. The lowest BCUT2D eigenvalue weighted by molar-refractivity contribution is -0.131. The molecular weight excluding hydrogens is 236 g/mol. The number of carboxylic acid groups (broad SMARTS) is 1. The van der Waals surface area contributed by atoms with Gasteiger partial charge < -0.3 is 10.4 Å². The number of urea groups is 1. The van der Waals surface area contributed by atoms with E-state index < -0.39 is 23.4 Å². The van der Waals surface area contributed by atoms with Gasteiger partial charge in [-0.1, -0.05) is 30.3 Å². The van der Waals surface area contributed by atoms with E-state index in [1.54, 1.807) is 30.3 Å². The van der Waals surface area contributed by atoms with Gasteiger partial charge in [-0.25, -0.2) is 9.59 Å². The van der Waals surface area contributed by atoms with Crippen LogP contribution >= 0.6 is 0 Å². The molecule has 92 valence electrons.